The van der Waals surface area contributed by atoms with Crippen molar-refractivity contribution in [2.24, 2.45) is 0 Å². The van der Waals surface area contributed by atoms with E-state index in [0.29, 0.717) is 22.3 Å². The molecule has 3 rings (SSSR count). The van der Waals surface area contributed by atoms with Gasteiger partial charge in [-0.1, -0.05) is 41.4 Å². The van der Waals surface area contributed by atoms with Crippen LogP contribution in [0.1, 0.15) is 11.3 Å². The predicted molar refractivity (Wildman–Crippen MR) is 94.3 cm³/mol. The third kappa shape index (κ3) is 3.28. The minimum Gasteiger partial charge on any atom is -0.497 e. The second-order valence-electron chi connectivity index (χ2n) is 5.11. The van der Waals surface area contributed by atoms with Crippen LogP contribution in [0.3, 0.4) is 0 Å². The molecule has 1 aromatic heterocycles. The number of nitrogens with one attached hydrogen (secondary N) is 1. The van der Waals surface area contributed by atoms with E-state index in [9.17, 15) is 0 Å². The molecule has 23 heavy (non-hydrogen) atoms. The monoisotopic (exact) mass is 347 g/mol. The molecule has 0 aliphatic rings. The summed E-state index contributed by atoms with van der Waals surface area (Å²) in [6.45, 7) is 0. The van der Waals surface area contributed by atoms with Crippen LogP contribution >= 0.6 is 23.2 Å². The van der Waals surface area contributed by atoms with E-state index in [0.717, 1.165) is 28.1 Å². The number of aromatic amines is 1. The molecule has 0 saturated carbocycles. The van der Waals surface area contributed by atoms with E-state index in [1.165, 1.54) is 0 Å². The van der Waals surface area contributed by atoms with Crippen LogP contribution in [0.5, 0.6) is 5.75 Å². The van der Waals surface area contributed by atoms with Gasteiger partial charge in [0.2, 0.25) is 0 Å². The number of hydrogen-bond donors (Lipinski definition) is 2. The Morgan fingerprint density at radius 2 is 2.00 bits per heavy atom. The van der Waals surface area contributed by atoms with E-state index >= 15 is 0 Å². The molecular weight excluding hydrogens is 333 g/mol. The standard InChI is InChI=1S/C17H15Cl2N3O/c1-23-12-4-2-3-10(7-12)8-15-16(17(20)22-21-15)13-6-5-11(18)9-14(13)19/h2-7,9H,8H2,1H3,(H3,20,21,22). The summed E-state index contributed by atoms with van der Waals surface area (Å²) in [6.07, 6.45) is 0.610. The van der Waals surface area contributed by atoms with Gasteiger partial charge in [0.1, 0.15) is 11.6 Å². The number of nitrogen functional groups attached to an aromatic ring is 1. The number of halogens is 2. The molecular formula is C17H15Cl2N3O. The fourth-order valence-electron chi connectivity index (χ4n) is 2.49. The Morgan fingerprint density at radius 1 is 1.17 bits per heavy atom. The largest absolute Gasteiger partial charge is 0.497 e. The Labute approximate surface area is 144 Å². The first-order valence-electron chi connectivity index (χ1n) is 6.99. The SMILES string of the molecule is COc1cccc(Cc2n[nH]c(N)c2-c2ccc(Cl)cc2Cl)c1. The van der Waals surface area contributed by atoms with Crippen LogP contribution in [0.25, 0.3) is 11.1 Å². The molecule has 2 aromatic carbocycles. The van der Waals surface area contributed by atoms with Crippen molar-refractivity contribution in [3.8, 4) is 16.9 Å². The van der Waals surface area contributed by atoms with Crippen LogP contribution in [0.2, 0.25) is 10.0 Å². The third-order valence-corrected chi connectivity index (χ3v) is 4.12. The average molecular weight is 348 g/mol. The first-order chi connectivity index (χ1) is 11.1. The second-order valence-corrected chi connectivity index (χ2v) is 5.96. The zero-order chi connectivity index (χ0) is 16.4. The highest BCUT2D eigenvalue weighted by Crippen LogP contribution is 2.36. The van der Waals surface area contributed by atoms with E-state index in [1.807, 2.05) is 30.3 Å². The van der Waals surface area contributed by atoms with Gasteiger partial charge < -0.3 is 10.5 Å². The zero-order valence-electron chi connectivity index (χ0n) is 12.4. The number of H-pyrrole nitrogens is 1. The van der Waals surface area contributed by atoms with Gasteiger partial charge in [-0.15, -0.1) is 0 Å². The zero-order valence-corrected chi connectivity index (χ0v) is 13.9. The molecule has 0 spiro atoms. The van der Waals surface area contributed by atoms with Gasteiger partial charge in [-0.2, -0.15) is 5.10 Å². The number of benzene rings is 2. The molecule has 0 bridgehead atoms. The summed E-state index contributed by atoms with van der Waals surface area (Å²) in [5.74, 6) is 1.28. The minimum absolute atomic E-state index is 0.479. The Hall–Kier alpha value is -2.17. The Bertz CT molecular complexity index is 846. The van der Waals surface area contributed by atoms with Crippen molar-refractivity contribution in [1.82, 2.24) is 10.2 Å². The van der Waals surface area contributed by atoms with Gasteiger partial charge in [0.15, 0.2) is 0 Å². The summed E-state index contributed by atoms with van der Waals surface area (Å²) in [5.41, 5.74) is 9.55. The van der Waals surface area contributed by atoms with Crippen LogP contribution in [-0.2, 0) is 6.42 Å². The van der Waals surface area contributed by atoms with Crippen molar-refractivity contribution in [3.05, 3.63) is 63.8 Å². The van der Waals surface area contributed by atoms with Gasteiger partial charge in [-0.3, -0.25) is 5.10 Å². The van der Waals surface area contributed by atoms with E-state index < -0.39 is 0 Å². The molecule has 3 aromatic rings. The minimum atomic E-state index is 0.479. The Kier molecular flexibility index (Phi) is 4.46. The smallest absolute Gasteiger partial charge is 0.127 e. The maximum Gasteiger partial charge on any atom is 0.127 e. The highest BCUT2D eigenvalue weighted by molar-refractivity contribution is 6.36. The predicted octanol–water partition coefficient (Wildman–Crippen LogP) is 4.57. The van der Waals surface area contributed by atoms with E-state index in [1.54, 1.807) is 19.2 Å². The fraction of sp³-hybridized carbons (Fsp3) is 0.118. The van der Waals surface area contributed by atoms with Gasteiger partial charge >= 0.3 is 0 Å². The summed E-state index contributed by atoms with van der Waals surface area (Å²) in [5, 5.41) is 8.27. The molecule has 4 nitrogen and oxygen atoms in total. The second kappa shape index (κ2) is 6.52. The molecule has 0 atom stereocenters. The van der Waals surface area contributed by atoms with Gasteiger partial charge in [0.05, 0.1) is 17.8 Å². The maximum absolute atomic E-state index is 6.31. The third-order valence-electron chi connectivity index (χ3n) is 3.58. The summed E-state index contributed by atoms with van der Waals surface area (Å²) >= 11 is 12.3. The van der Waals surface area contributed by atoms with Gasteiger partial charge in [0.25, 0.3) is 0 Å². The summed E-state index contributed by atoms with van der Waals surface area (Å²) in [6, 6.07) is 13.2. The topological polar surface area (TPSA) is 63.9 Å². The number of nitrogens with zero attached hydrogens (tertiary/aromatic N) is 1. The lowest BCUT2D eigenvalue weighted by molar-refractivity contribution is 0.414. The molecule has 0 aliphatic heterocycles. The van der Waals surface area contributed by atoms with E-state index in [2.05, 4.69) is 10.2 Å². The molecule has 0 aliphatic carbocycles. The van der Waals surface area contributed by atoms with E-state index in [4.69, 9.17) is 33.7 Å². The number of anilines is 1. The van der Waals surface area contributed by atoms with Crippen molar-refractivity contribution in [2.45, 2.75) is 6.42 Å². The maximum atomic E-state index is 6.31. The normalized spacial score (nSPS) is 10.7. The first kappa shape index (κ1) is 15.7. The lowest BCUT2D eigenvalue weighted by Gasteiger charge is -2.08. The highest BCUT2D eigenvalue weighted by atomic mass is 35.5. The van der Waals surface area contributed by atoms with Gasteiger partial charge in [-0.05, 0) is 29.8 Å². The number of hydrogen-bond acceptors (Lipinski definition) is 3. The van der Waals surface area contributed by atoms with Crippen molar-refractivity contribution in [1.29, 1.82) is 0 Å². The van der Waals surface area contributed by atoms with Crippen LogP contribution in [0.15, 0.2) is 42.5 Å². The fourth-order valence-corrected chi connectivity index (χ4v) is 2.99. The highest BCUT2D eigenvalue weighted by Gasteiger charge is 2.16. The summed E-state index contributed by atoms with van der Waals surface area (Å²) < 4.78 is 5.26. The van der Waals surface area contributed by atoms with Gasteiger partial charge in [-0.25, -0.2) is 0 Å². The molecule has 6 heteroatoms. The molecule has 0 fully saturated rings. The Balaban J connectivity index is 2.01. The average Bonchev–Trinajstić information content (AvgIpc) is 2.88. The summed E-state index contributed by atoms with van der Waals surface area (Å²) in [4.78, 5) is 0. The lowest BCUT2D eigenvalue weighted by atomic mass is 10.0. The van der Waals surface area contributed by atoms with Crippen molar-refractivity contribution in [3.63, 3.8) is 0 Å². The quantitative estimate of drug-likeness (QED) is 0.726. The Morgan fingerprint density at radius 3 is 2.74 bits per heavy atom. The molecule has 3 N–H and O–H groups in total. The van der Waals surface area contributed by atoms with Crippen LogP contribution in [0, 0.1) is 0 Å². The number of ether oxygens (including phenoxy) is 1. The molecule has 0 saturated heterocycles. The number of rotatable bonds is 4. The number of nitrogens with two attached hydrogens (primary N) is 1. The number of aromatic nitrogens is 2. The van der Waals surface area contributed by atoms with Crippen molar-refractivity contribution in [2.75, 3.05) is 12.8 Å². The van der Waals surface area contributed by atoms with Crippen LogP contribution in [0.4, 0.5) is 5.82 Å². The lowest BCUT2D eigenvalue weighted by Crippen LogP contribution is -1.94. The van der Waals surface area contributed by atoms with E-state index in [-0.39, 0.29) is 0 Å². The van der Waals surface area contributed by atoms with Crippen LogP contribution in [-0.4, -0.2) is 17.3 Å². The van der Waals surface area contributed by atoms with Crippen molar-refractivity contribution < 1.29 is 4.74 Å². The van der Waals surface area contributed by atoms with Crippen molar-refractivity contribution >= 4 is 29.0 Å². The molecule has 0 unspecified atom stereocenters. The first-order valence-corrected chi connectivity index (χ1v) is 7.75. The molecule has 0 radical (unpaired) electrons. The van der Waals surface area contributed by atoms with Gasteiger partial charge in [0, 0.05) is 22.6 Å². The molecule has 118 valence electrons. The number of methoxy groups -OCH3 is 1. The van der Waals surface area contributed by atoms with Crippen LogP contribution < -0.4 is 10.5 Å². The molecule has 1 heterocycles. The summed E-state index contributed by atoms with van der Waals surface area (Å²) in [7, 11) is 1.64. The molecule has 0 amide bonds.